The Bertz CT molecular complexity index is 231. The molecule has 0 atom stereocenters. The van der Waals surface area contributed by atoms with Gasteiger partial charge in [-0.1, -0.05) is 0 Å². The lowest BCUT2D eigenvalue weighted by molar-refractivity contribution is 0.607. The van der Waals surface area contributed by atoms with Crippen molar-refractivity contribution in [3.63, 3.8) is 0 Å². The first-order valence-electron chi connectivity index (χ1n) is 3.00. The van der Waals surface area contributed by atoms with E-state index in [0.29, 0.717) is 11.1 Å². The van der Waals surface area contributed by atoms with Crippen LogP contribution in [0.2, 0.25) is 0 Å². The van der Waals surface area contributed by atoms with E-state index in [4.69, 9.17) is 5.73 Å². The van der Waals surface area contributed by atoms with E-state index < -0.39 is 0 Å². The molecule has 0 aliphatic heterocycles. The molecule has 0 saturated carbocycles. The fraction of sp³-hybridized carbons (Fsp3) is 0.286. The fourth-order valence-electron chi connectivity index (χ4n) is 0.728. The van der Waals surface area contributed by atoms with Gasteiger partial charge in [0.2, 0.25) is 0 Å². The molecule has 0 bridgehead atoms. The van der Waals surface area contributed by atoms with E-state index in [2.05, 4.69) is 4.98 Å². The van der Waals surface area contributed by atoms with Crippen LogP contribution in [0.25, 0.3) is 0 Å². The van der Waals surface area contributed by atoms with Gasteiger partial charge in [-0.3, -0.25) is 0 Å². The highest BCUT2D eigenvalue weighted by Crippen LogP contribution is 2.14. The van der Waals surface area contributed by atoms with Crippen molar-refractivity contribution < 1.29 is 4.39 Å². The molecule has 2 nitrogen and oxygen atoms in total. The highest BCUT2D eigenvalue weighted by molar-refractivity contribution is 5.40. The number of pyridine rings is 1. The Morgan fingerprint density at radius 1 is 1.50 bits per heavy atom. The first-order valence-corrected chi connectivity index (χ1v) is 3.00. The van der Waals surface area contributed by atoms with Crippen molar-refractivity contribution in [1.29, 1.82) is 0 Å². The molecule has 10 heavy (non-hydrogen) atoms. The minimum Gasteiger partial charge on any atom is -0.383 e. The van der Waals surface area contributed by atoms with Crippen molar-refractivity contribution in [2.75, 3.05) is 5.73 Å². The summed E-state index contributed by atoms with van der Waals surface area (Å²) in [6.45, 7) is 3.28. The van der Waals surface area contributed by atoms with E-state index in [9.17, 15) is 4.39 Å². The second-order valence-corrected chi connectivity index (χ2v) is 2.27. The van der Waals surface area contributed by atoms with Gasteiger partial charge in [0.05, 0.1) is 0 Å². The molecule has 3 heteroatoms. The summed E-state index contributed by atoms with van der Waals surface area (Å²) in [5.41, 5.74) is 6.30. The summed E-state index contributed by atoms with van der Waals surface area (Å²) >= 11 is 0. The predicted octanol–water partition coefficient (Wildman–Crippen LogP) is 1.42. The first-order chi connectivity index (χ1) is 4.63. The van der Waals surface area contributed by atoms with Crippen molar-refractivity contribution in [2.45, 2.75) is 13.8 Å². The average molecular weight is 140 g/mol. The molecule has 0 radical (unpaired) electrons. The second kappa shape index (κ2) is 2.25. The van der Waals surface area contributed by atoms with Crippen LogP contribution < -0.4 is 5.73 Å². The summed E-state index contributed by atoms with van der Waals surface area (Å²) < 4.78 is 12.9. The number of nitrogens with zero attached hydrogens (tertiary/aromatic N) is 1. The van der Waals surface area contributed by atoms with Crippen LogP contribution in [0.4, 0.5) is 10.2 Å². The molecular formula is C7H9FN2. The van der Waals surface area contributed by atoms with E-state index in [0.717, 1.165) is 0 Å². The Morgan fingerprint density at radius 3 is 2.60 bits per heavy atom. The lowest BCUT2D eigenvalue weighted by atomic mass is 10.2. The third-order valence-electron chi connectivity index (χ3n) is 1.46. The van der Waals surface area contributed by atoms with Gasteiger partial charge in [-0.15, -0.1) is 0 Å². The number of hydrogen-bond donors (Lipinski definition) is 1. The smallest absolute Gasteiger partial charge is 0.134 e. The molecule has 0 amide bonds. The number of nitrogens with two attached hydrogens (primary N) is 1. The molecular weight excluding hydrogens is 131 g/mol. The summed E-state index contributed by atoms with van der Waals surface area (Å²) in [5, 5.41) is 0. The molecule has 0 aliphatic rings. The van der Waals surface area contributed by atoms with Crippen molar-refractivity contribution in [3.8, 4) is 0 Å². The van der Waals surface area contributed by atoms with Crippen LogP contribution in [0, 0.1) is 19.7 Å². The van der Waals surface area contributed by atoms with Gasteiger partial charge in [0.25, 0.3) is 0 Å². The van der Waals surface area contributed by atoms with E-state index >= 15 is 0 Å². The molecule has 0 fully saturated rings. The van der Waals surface area contributed by atoms with Gasteiger partial charge in [0, 0.05) is 17.3 Å². The van der Waals surface area contributed by atoms with Crippen LogP contribution in [-0.4, -0.2) is 4.98 Å². The van der Waals surface area contributed by atoms with Gasteiger partial charge in [0.1, 0.15) is 11.6 Å². The molecule has 0 unspecified atom stereocenters. The van der Waals surface area contributed by atoms with E-state index in [-0.39, 0.29) is 11.6 Å². The zero-order valence-corrected chi connectivity index (χ0v) is 5.98. The number of hydrogen-bond acceptors (Lipinski definition) is 2. The van der Waals surface area contributed by atoms with Crippen molar-refractivity contribution >= 4 is 5.82 Å². The van der Waals surface area contributed by atoms with Gasteiger partial charge < -0.3 is 5.73 Å². The maximum atomic E-state index is 12.9. The Hall–Kier alpha value is -1.12. The number of aromatic nitrogens is 1. The number of aryl methyl sites for hydroxylation is 1. The third-order valence-corrected chi connectivity index (χ3v) is 1.46. The molecule has 1 heterocycles. The monoisotopic (exact) mass is 140 g/mol. The number of nitrogen functional groups attached to an aromatic ring is 1. The average Bonchev–Trinajstić information content (AvgIpc) is 1.93. The Labute approximate surface area is 58.9 Å². The molecule has 0 spiro atoms. The number of anilines is 1. The Morgan fingerprint density at radius 2 is 2.10 bits per heavy atom. The van der Waals surface area contributed by atoms with Crippen LogP contribution >= 0.6 is 0 Å². The quantitative estimate of drug-likeness (QED) is 0.591. The minimum atomic E-state index is -0.257. The molecule has 54 valence electrons. The number of halogens is 1. The maximum Gasteiger partial charge on any atom is 0.134 e. The summed E-state index contributed by atoms with van der Waals surface area (Å²) in [7, 11) is 0. The van der Waals surface area contributed by atoms with Gasteiger partial charge in [0.15, 0.2) is 0 Å². The molecule has 1 aromatic rings. The van der Waals surface area contributed by atoms with Crippen LogP contribution in [0.3, 0.4) is 0 Å². The van der Waals surface area contributed by atoms with Crippen LogP contribution in [0.1, 0.15) is 11.1 Å². The summed E-state index contributed by atoms with van der Waals surface area (Å²) in [6, 6.07) is 0. The lowest BCUT2D eigenvalue weighted by Gasteiger charge is -2.01. The van der Waals surface area contributed by atoms with Crippen molar-refractivity contribution in [1.82, 2.24) is 4.98 Å². The van der Waals surface area contributed by atoms with E-state index in [1.807, 2.05) is 0 Å². The summed E-state index contributed by atoms with van der Waals surface area (Å²) in [6.07, 6.45) is 1.43. The number of rotatable bonds is 0. The fourth-order valence-corrected chi connectivity index (χ4v) is 0.728. The van der Waals surface area contributed by atoms with E-state index in [1.54, 1.807) is 13.8 Å². The molecule has 0 aliphatic carbocycles. The SMILES string of the molecule is Cc1cnc(N)c(C)c1F. The van der Waals surface area contributed by atoms with Crippen molar-refractivity contribution in [2.24, 2.45) is 0 Å². The second-order valence-electron chi connectivity index (χ2n) is 2.27. The minimum absolute atomic E-state index is 0.257. The maximum absolute atomic E-state index is 12.9. The Balaban J connectivity index is 3.34. The van der Waals surface area contributed by atoms with Gasteiger partial charge in [-0.25, -0.2) is 9.37 Å². The van der Waals surface area contributed by atoms with Gasteiger partial charge >= 0.3 is 0 Å². The van der Waals surface area contributed by atoms with Crippen molar-refractivity contribution in [3.05, 3.63) is 23.1 Å². The zero-order chi connectivity index (χ0) is 7.72. The highest BCUT2D eigenvalue weighted by Gasteiger charge is 2.03. The van der Waals surface area contributed by atoms with E-state index in [1.165, 1.54) is 6.20 Å². The van der Waals surface area contributed by atoms with Gasteiger partial charge in [-0.05, 0) is 13.8 Å². The Kier molecular flexibility index (Phi) is 1.57. The van der Waals surface area contributed by atoms with Crippen LogP contribution in [-0.2, 0) is 0 Å². The van der Waals surface area contributed by atoms with Gasteiger partial charge in [-0.2, -0.15) is 0 Å². The molecule has 0 saturated heterocycles. The molecule has 0 aromatic carbocycles. The first kappa shape index (κ1) is 6.99. The third kappa shape index (κ3) is 0.943. The molecule has 1 rings (SSSR count). The highest BCUT2D eigenvalue weighted by atomic mass is 19.1. The standard InChI is InChI=1S/C7H9FN2/c1-4-3-10-7(9)5(2)6(4)8/h3H,1-2H3,(H2,9,10). The zero-order valence-electron chi connectivity index (χ0n) is 5.98. The molecule has 1 aromatic heterocycles. The normalized spacial score (nSPS) is 9.90. The largest absolute Gasteiger partial charge is 0.383 e. The summed E-state index contributed by atoms with van der Waals surface area (Å²) in [5.74, 6) is 0.00981. The molecule has 2 N–H and O–H groups in total. The van der Waals surface area contributed by atoms with Crippen LogP contribution in [0.5, 0.6) is 0 Å². The topological polar surface area (TPSA) is 38.9 Å². The predicted molar refractivity (Wildman–Crippen MR) is 38.1 cm³/mol. The summed E-state index contributed by atoms with van der Waals surface area (Å²) in [4.78, 5) is 3.78. The van der Waals surface area contributed by atoms with Crippen LogP contribution in [0.15, 0.2) is 6.20 Å². The lowest BCUT2D eigenvalue weighted by Crippen LogP contribution is -1.98.